The fourth-order valence-corrected chi connectivity index (χ4v) is 2.61. The number of hydrogen-bond donors (Lipinski definition) is 0. The molecule has 19 heavy (non-hydrogen) atoms. The molecule has 0 spiro atoms. The molecular formula is C14H23N3O2. The van der Waals surface area contributed by atoms with Gasteiger partial charge in [0.25, 0.3) is 0 Å². The van der Waals surface area contributed by atoms with E-state index in [1.54, 1.807) is 0 Å². The predicted octanol–water partition coefficient (Wildman–Crippen LogP) is 1.24. The van der Waals surface area contributed by atoms with Crippen LogP contribution in [0.5, 0.6) is 0 Å². The average molecular weight is 265 g/mol. The number of aromatic nitrogens is 2. The van der Waals surface area contributed by atoms with Crippen molar-refractivity contribution in [1.29, 1.82) is 0 Å². The zero-order valence-electron chi connectivity index (χ0n) is 11.8. The highest BCUT2D eigenvalue weighted by Crippen LogP contribution is 2.18. The highest BCUT2D eigenvalue weighted by Gasteiger charge is 2.26. The molecule has 0 aromatic carbocycles. The number of hydrogen-bond acceptors (Lipinski definition) is 4. The lowest BCUT2D eigenvalue weighted by atomic mass is 9.98. The molecule has 0 unspecified atom stereocenters. The standard InChI is InChI=1S/C14H23N3O2/c1-3-19-14(18)12-5-4-8-17(11-12)9-6-13-15-7-10-16(13)2/h7,10,12H,3-6,8-9,11H2,1-2H3/t12-/m0/s1. The van der Waals surface area contributed by atoms with Crippen LogP contribution in [-0.4, -0.2) is 46.7 Å². The van der Waals surface area contributed by atoms with Gasteiger partial charge in [-0.2, -0.15) is 0 Å². The Hall–Kier alpha value is -1.36. The van der Waals surface area contributed by atoms with E-state index in [0.29, 0.717) is 6.61 Å². The second-order valence-corrected chi connectivity index (χ2v) is 5.10. The Kier molecular flexibility index (Phi) is 4.96. The van der Waals surface area contributed by atoms with Crippen LogP contribution in [0.2, 0.25) is 0 Å². The van der Waals surface area contributed by atoms with Gasteiger partial charge in [-0.05, 0) is 26.3 Å². The zero-order chi connectivity index (χ0) is 13.7. The van der Waals surface area contributed by atoms with Crippen LogP contribution in [0.25, 0.3) is 0 Å². The molecule has 0 aliphatic carbocycles. The largest absolute Gasteiger partial charge is 0.466 e. The first-order valence-electron chi connectivity index (χ1n) is 7.06. The molecule has 5 heteroatoms. The number of carbonyl (C=O) groups is 1. The van der Waals surface area contributed by atoms with Crippen molar-refractivity contribution in [2.45, 2.75) is 26.2 Å². The number of ether oxygens (including phenoxy) is 1. The summed E-state index contributed by atoms with van der Waals surface area (Å²) in [4.78, 5) is 18.4. The lowest BCUT2D eigenvalue weighted by Gasteiger charge is -2.31. The van der Waals surface area contributed by atoms with Gasteiger partial charge in [0.15, 0.2) is 0 Å². The molecule has 0 radical (unpaired) electrons. The summed E-state index contributed by atoms with van der Waals surface area (Å²) >= 11 is 0. The highest BCUT2D eigenvalue weighted by atomic mass is 16.5. The quantitative estimate of drug-likeness (QED) is 0.752. The number of esters is 1. The van der Waals surface area contributed by atoms with E-state index >= 15 is 0 Å². The Morgan fingerprint density at radius 3 is 3.11 bits per heavy atom. The van der Waals surface area contributed by atoms with Crippen molar-refractivity contribution in [3.8, 4) is 0 Å². The molecule has 0 amide bonds. The maximum atomic E-state index is 11.8. The predicted molar refractivity (Wildman–Crippen MR) is 72.7 cm³/mol. The van der Waals surface area contributed by atoms with Gasteiger partial charge in [-0.15, -0.1) is 0 Å². The van der Waals surface area contributed by atoms with Crippen LogP contribution in [0.1, 0.15) is 25.6 Å². The van der Waals surface area contributed by atoms with Crippen LogP contribution in [0.4, 0.5) is 0 Å². The van der Waals surface area contributed by atoms with Gasteiger partial charge in [0.2, 0.25) is 0 Å². The minimum Gasteiger partial charge on any atom is -0.466 e. The molecule has 106 valence electrons. The molecule has 0 bridgehead atoms. The van der Waals surface area contributed by atoms with E-state index < -0.39 is 0 Å². The van der Waals surface area contributed by atoms with E-state index in [1.165, 1.54) is 0 Å². The number of carbonyl (C=O) groups excluding carboxylic acids is 1. The first-order valence-corrected chi connectivity index (χ1v) is 7.06. The zero-order valence-corrected chi connectivity index (χ0v) is 11.8. The molecule has 1 atom stereocenters. The van der Waals surface area contributed by atoms with Gasteiger partial charge in [0.1, 0.15) is 5.82 Å². The molecule has 1 fully saturated rings. The molecule has 1 saturated heterocycles. The van der Waals surface area contributed by atoms with Gasteiger partial charge < -0.3 is 14.2 Å². The summed E-state index contributed by atoms with van der Waals surface area (Å²) in [6.07, 6.45) is 6.75. The van der Waals surface area contributed by atoms with Crippen LogP contribution >= 0.6 is 0 Å². The van der Waals surface area contributed by atoms with Gasteiger partial charge in [0, 0.05) is 39.0 Å². The van der Waals surface area contributed by atoms with Gasteiger partial charge in [-0.3, -0.25) is 4.79 Å². The maximum Gasteiger partial charge on any atom is 0.310 e. The number of aryl methyl sites for hydroxylation is 1. The third kappa shape index (κ3) is 3.80. The van der Waals surface area contributed by atoms with Gasteiger partial charge >= 0.3 is 5.97 Å². The van der Waals surface area contributed by atoms with E-state index in [9.17, 15) is 4.79 Å². The van der Waals surface area contributed by atoms with Gasteiger partial charge in [-0.25, -0.2) is 4.98 Å². The summed E-state index contributed by atoms with van der Waals surface area (Å²) < 4.78 is 7.17. The van der Waals surface area contributed by atoms with Crippen LogP contribution < -0.4 is 0 Å². The molecule has 0 N–H and O–H groups in total. The Labute approximate surface area is 114 Å². The van der Waals surface area contributed by atoms with Crippen LogP contribution in [0.15, 0.2) is 12.4 Å². The molecule has 1 aromatic heterocycles. The third-order valence-corrected chi connectivity index (χ3v) is 3.70. The summed E-state index contributed by atoms with van der Waals surface area (Å²) in [5.41, 5.74) is 0. The molecule has 1 aliphatic heterocycles. The van der Waals surface area contributed by atoms with Crippen molar-refractivity contribution in [3.05, 3.63) is 18.2 Å². The lowest BCUT2D eigenvalue weighted by Crippen LogP contribution is -2.40. The van der Waals surface area contributed by atoms with E-state index in [2.05, 4.69) is 9.88 Å². The molecular weight excluding hydrogens is 242 g/mol. The number of rotatable bonds is 5. The fourth-order valence-electron chi connectivity index (χ4n) is 2.61. The van der Waals surface area contributed by atoms with Crippen LogP contribution in [0.3, 0.4) is 0 Å². The molecule has 2 heterocycles. The molecule has 2 rings (SSSR count). The summed E-state index contributed by atoms with van der Waals surface area (Å²) in [6, 6.07) is 0. The highest BCUT2D eigenvalue weighted by molar-refractivity contribution is 5.72. The number of likely N-dealkylation sites (tertiary alicyclic amines) is 1. The smallest absolute Gasteiger partial charge is 0.310 e. The van der Waals surface area contributed by atoms with Gasteiger partial charge in [0.05, 0.1) is 12.5 Å². The number of imidazole rings is 1. The van der Waals surface area contributed by atoms with E-state index in [1.807, 2.05) is 30.9 Å². The minimum atomic E-state index is -0.0378. The second-order valence-electron chi connectivity index (χ2n) is 5.10. The SMILES string of the molecule is CCOC(=O)[C@H]1CCCN(CCc2nccn2C)C1. The molecule has 1 aliphatic rings. The minimum absolute atomic E-state index is 0.0378. The molecule has 1 aromatic rings. The van der Waals surface area contributed by atoms with Gasteiger partial charge in [-0.1, -0.05) is 0 Å². The summed E-state index contributed by atoms with van der Waals surface area (Å²) in [6.45, 7) is 5.19. The van der Waals surface area contributed by atoms with Crippen molar-refractivity contribution >= 4 is 5.97 Å². The molecule has 0 saturated carbocycles. The van der Waals surface area contributed by atoms with Crippen LogP contribution in [0, 0.1) is 5.92 Å². The average Bonchev–Trinajstić information content (AvgIpc) is 2.82. The van der Waals surface area contributed by atoms with E-state index in [0.717, 1.165) is 44.7 Å². The van der Waals surface area contributed by atoms with Crippen molar-refractivity contribution in [3.63, 3.8) is 0 Å². The summed E-state index contributed by atoms with van der Waals surface area (Å²) in [7, 11) is 2.01. The van der Waals surface area contributed by atoms with Crippen molar-refractivity contribution in [1.82, 2.24) is 14.5 Å². The Balaban J connectivity index is 1.81. The first kappa shape index (κ1) is 14.1. The van der Waals surface area contributed by atoms with Crippen molar-refractivity contribution < 1.29 is 9.53 Å². The normalized spacial score (nSPS) is 20.4. The Morgan fingerprint density at radius 1 is 1.58 bits per heavy atom. The second kappa shape index (κ2) is 6.70. The summed E-state index contributed by atoms with van der Waals surface area (Å²) in [5, 5.41) is 0. The summed E-state index contributed by atoms with van der Waals surface area (Å²) in [5.74, 6) is 1.11. The first-order chi connectivity index (χ1) is 9.20. The number of piperidine rings is 1. The Bertz CT molecular complexity index is 417. The topological polar surface area (TPSA) is 47.4 Å². The van der Waals surface area contributed by atoms with E-state index in [4.69, 9.17) is 4.74 Å². The maximum absolute atomic E-state index is 11.8. The lowest BCUT2D eigenvalue weighted by molar-refractivity contribution is -0.149. The molecule has 5 nitrogen and oxygen atoms in total. The number of nitrogens with zero attached hydrogens (tertiary/aromatic N) is 3. The van der Waals surface area contributed by atoms with E-state index in [-0.39, 0.29) is 11.9 Å². The van der Waals surface area contributed by atoms with Crippen molar-refractivity contribution in [2.24, 2.45) is 13.0 Å². The monoisotopic (exact) mass is 265 g/mol. The van der Waals surface area contributed by atoms with Crippen LogP contribution in [-0.2, 0) is 23.0 Å². The Morgan fingerprint density at radius 2 is 2.42 bits per heavy atom. The van der Waals surface area contributed by atoms with Crippen molar-refractivity contribution in [2.75, 3.05) is 26.2 Å². The third-order valence-electron chi connectivity index (χ3n) is 3.70. The fraction of sp³-hybridized carbons (Fsp3) is 0.714.